The highest BCUT2D eigenvalue weighted by atomic mass is 16.1. The first-order valence-electron chi connectivity index (χ1n) is 8.39. The van der Waals surface area contributed by atoms with Crippen LogP contribution in [-0.2, 0) is 13.6 Å². The molecule has 2 fully saturated rings. The van der Waals surface area contributed by atoms with Crippen LogP contribution in [0.15, 0.2) is 23.1 Å². The predicted molar refractivity (Wildman–Crippen MR) is 89.0 cm³/mol. The summed E-state index contributed by atoms with van der Waals surface area (Å²) in [4.78, 5) is 19.1. The predicted octanol–water partition coefficient (Wildman–Crippen LogP) is 0.596. The van der Waals surface area contributed by atoms with Crippen molar-refractivity contribution >= 4 is 0 Å². The Bertz CT molecular complexity index is 554. The zero-order valence-electron chi connectivity index (χ0n) is 14.0. The third-order valence-electron chi connectivity index (χ3n) is 5.09. The summed E-state index contributed by atoms with van der Waals surface area (Å²) in [7, 11) is 1.82. The quantitative estimate of drug-likeness (QED) is 0.815. The molecule has 3 heterocycles. The number of likely N-dealkylation sites (tertiary alicyclic amines) is 1. The number of rotatable bonds is 4. The SMILES string of the molecule is CC(C)N1CCN(C2CN(Cc3ccc(=O)n(C)c3)C2)CC1. The van der Waals surface area contributed by atoms with Gasteiger partial charge in [-0.25, -0.2) is 0 Å². The third kappa shape index (κ3) is 3.42. The van der Waals surface area contributed by atoms with Gasteiger partial charge in [0.25, 0.3) is 0 Å². The maximum atomic E-state index is 11.4. The molecule has 0 saturated carbocycles. The van der Waals surface area contributed by atoms with Crippen molar-refractivity contribution in [3.05, 3.63) is 34.2 Å². The summed E-state index contributed by atoms with van der Waals surface area (Å²) in [5, 5.41) is 0. The van der Waals surface area contributed by atoms with E-state index in [9.17, 15) is 4.79 Å². The third-order valence-corrected chi connectivity index (χ3v) is 5.09. The molecule has 22 heavy (non-hydrogen) atoms. The van der Waals surface area contributed by atoms with Crippen LogP contribution < -0.4 is 5.56 Å². The minimum absolute atomic E-state index is 0.0632. The molecule has 0 aromatic carbocycles. The fourth-order valence-electron chi connectivity index (χ4n) is 3.52. The zero-order valence-corrected chi connectivity index (χ0v) is 14.0. The molecule has 0 N–H and O–H groups in total. The Balaban J connectivity index is 1.44. The van der Waals surface area contributed by atoms with Crippen molar-refractivity contribution in [1.82, 2.24) is 19.3 Å². The topological polar surface area (TPSA) is 31.7 Å². The molecule has 2 saturated heterocycles. The summed E-state index contributed by atoms with van der Waals surface area (Å²) in [5.41, 5.74) is 1.29. The lowest BCUT2D eigenvalue weighted by molar-refractivity contribution is -0.00419. The van der Waals surface area contributed by atoms with Gasteiger partial charge in [0.1, 0.15) is 0 Å². The summed E-state index contributed by atoms with van der Waals surface area (Å²) in [6.07, 6.45) is 1.96. The Kier molecular flexibility index (Phi) is 4.66. The largest absolute Gasteiger partial charge is 0.318 e. The van der Waals surface area contributed by atoms with Gasteiger partial charge >= 0.3 is 0 Å². The van der Waals surface area contributed by atoms with Crippen LogP contribution in [0.25, 0.3) is 0 Å². The van der Waals surface area contributed by atoms with Crippen molar-refractivity contribution in [3.63, 3.8) is 0 Å². The van der Waals surface area contributed by atoms with E-state index in [1.165, 1.54) is 31.7 Å². The van der Waals surface area contributed by atoms with Crippen LogP contribution in [0.3, 0.4) is 0 Å². The number of aromatic nitrogens is 1. The second kappa shape index (κ2) is 6.52. The van der Waals surface area contributed by atoms with Gasteiger partial charge in [0.15, 0.2) is 0 Å². The highest BCUT2D eigenvalue weighted by Crippen LogP contribution is 2.19. The summed E-state index contributed by atoms with van der Waals surface area (Å²) in [6, 6.07) is 5.01. The molecule has 3 rings (SSSR count). The minimum atomic E-state index is 0.0632. The van der Waals surface area contributed by atoms with E-state index in [1.807, 2.05) is 19.3 Å². The number of nitrogens with zero attached hydrogens (tertiary/aromatic N) is 4. The molecule has 0 unspecified atom stereocenters. The van der Waals surface area contributed by atoms with Crippen LogP contribution in [-0.4, -0.2) is 70.6 Å². The molecule has 1 aromatic heterocycles. The number of piperazine rings is 1. The molecular formula is C17H28N4O. The first-order chi connectivity index (χ1) is 10.5. The van der Waals surface area contributed by atoms with E-state index >= 15 is 0 Å². The van der Waals surface area contributed by atoms with Crippen LogP contribution in [0.1, 0.15) is 19.4 Å². The molecule has 0 bridgehead atoms. The van der Waals surface area contributed by atoms with Gasteiger partial charge < -0.3 is 4.57 Å². The van der Waals surface area contributed by atoms with E-state index in [2.05, 4.69) is 28.5 Å². The molecule has 0 amide bonds. The van der Waals surface area contributed by atoms with Crippen molar-refractivity contribution in [2.75, 3.05) is 39.3 Å². The fourth-order valence-corrected chi connectivity index (χ4v) is 3.52. The molecule has 2 aliphatic heterocycles. The fraction of sp³-hybridized carbons (Fsp3) is 0.706. The van der Waals surface area contributed by atoms with Crippen LogP contribution in [0.5, 0.6) is 0 Å². The summed E-state index contributed by atoms with van der Waals surface area (Å²) >= 11 is 0. The molecule has 5 heteroatoms. The molecule has 122 valence electrons. The first kappa shape index (κ1) is 15.7. The lowest BCUT2D eigenvalue weighted by atomic mass is 10.0. The normalized spacial score (nSPS) is 22.2. The number of aryl methyl sites for hydroxylation is 1. The van der Waals surface area contributed by atoms with Crippen molar-refractivity contribution in [2.45, 2.75) is 32.5 Å². The van der Waals surface area contributed by atoms with Crippen LogP contribution >= 0.6 is 0 Å². The first-order valence-corrected chi connectivity index (χ1v) is 8.39. The Morgan fingerprint density at radius 3 is 2.41 bits per heavy atom. The Labute approximate surface area is 133 Å². The van der Waals surface area contributed by atoms with E-state index in [0.29, 0.717) is 6.04 Å². The average molecular weight is 304 g/mol. The number of hydrogen-bond acceptors (Lipinski definition) is 4. The smallest absolute Gasteiger partial charge is 0.250 e. The molecule has 0 spiro atoms. The van der Waals surface area contributed by atoms with Gasteiger partial charge in [-0.15, -0.1) is 0 Å². The number of hydrogen-bond donors (Lipinski definition) is 0. The zero-order chi connectivity index (χ0) is 15.7. The van der Waals surface area contributed by atoms with Gasteiger partial charge in [-0.1, -0.05) is 6.07 Å². The second-order valence-electron chi connectivity index (χ2n) is 7.00. The summed E-state index contributed by atoms with van der Waals surface area (Å²) < 4.78 is 1.66. The van der Waals surface area contributed by atoms with Crippen LogP contribution in [0, 0.1) is 0 Å². The molecule has 0 radical (unpaired) electrons. The van der Waals surface area contributed by atoms with Crippen molar-refractivity contribution in [2.24, 2.45) is 7.05 Å². The van der Waals surface area contributed by atoms with Crippen molar-refractivity contribution in [1.29, 1.82) is 0 Å². The minimum Gasteiger partial charge on any atom is -0.318 e. The highest BCUT2D eigenvalue weighted by Gasteiger charge is 2.33. The van der Waals surface area contributed by atoms with E-state index in [1.54, 1.807) is 10.6 Å². The van der Waals surface area contributed by atoms with Gasteiger partial charge in [0, 0.05) is 77.2 Å². The molecule has 0 aliphatic carbocycles. The van der Waals surface area contributed by atoms with Crippen LogP contribution in [0.2, 0.25) is 0 Å². The average Bonchev–Trinajstić information content (AvgIpc) is 2.46. The van der Waals surface area contributed by atoms with E-state index in [4.69, 9.17) is 0 Å². The van der Waals surface area contributed by atoms with Gasteiger partial charge in [0.05, 0.1) is 0 Å². The molecule has 5 nitrogen and oxygen atoms in total. The van der Waals surface area contributed by atoms with Gasteiger partial charge in [-0.05, 0) is 19.4 Å². The maximum absolute atomic E-state index is 11.4. The molecule has 1 aromatic rings. The van der Waals surface area contributed by atoms with Gasteiger partial charge in [0.2, 0.25) is 5.56 Å². The number of pyridine rings is 1. The van der Waals surface area contributed by atoms with Crippen LogP contribution in [0.4, 0.5) is 0 Å². The van der Waals surface area contributed by atoms with E-state index in [0.717, 1.165) is 25.7 Å². The Morgan fingerprint density at radius 2 is 1.82 bits per heavy atom. The van der Waals surface area contributed by atoms with Gasteiger partial charge in [-0.2, -0.15) is 0 Å². The monoisotopic (exact) mass is 304 g/mol. The Hall–Kier alpha value is -1.17. The Morgan fingerprint density at radius 1 is 1.14 bits per heavy atom. The molecule has 0 atom stereocenters. The lowest BCUT2D eigenvalue weighted by Gasteiger charge is -2.48. The summed E-state index contributed by atoms with van der Waals surface area (Å²) in [5.74, 6) is 0. The lowest BCUT2D eigenvalue weighted by Crippen LogP contribution is -2.63. The second-order valence-corrected chi connectivity index (χ2v) is 7.00. The van der Waals surface area contributed by atoms with Crippen molar-refractivity contribution < 1.29 is 0 Å². The van der Waals surface area contributed by atoms with Crippen molar-refractivity contribution in [3.8, 4) is 0 Å². The van der Waals surface area contributed by atoms with E-state index in [-0.39, 0.29) is 5.56 Å². The summed E-state index contributed by atoms with van der Waals surface area (Å²) in [6.45, 7) is 12.7. The maximum Gasteiger partial charge on any atom is 0.250 e. The standard InChI is InChI=1S/C17H28N4O/c1-14(2)20-6-8-21(9-7-20)16-12-19(13-16)11-15-4-5-17(22)18(3)10-15/h4-5,10,14,16H,6-9,11-13H2,1-3H3. The highest BCUT2D eigenvalue weighted by molar-refractivity contribution is 5.10. The van der Waals surface area contributed by atoms with E-state index < -0.39 is 0 Å². The molecular weight excluding hydrogens is 276 g/mol. The molecule has 2 aliphatic rings. The van der Waals surface area contributed by atoms with Gasteiger partial charge in [-0.3, -0.25) is 19.5 Å².